The van der Waals surface area contributed by atoms with Gasteiger partial charge in [0.25, 0.3) is 5.56 Å². The summed E-state index contributed by atoms with van der Waals surface area (Å²) in [6.07, 6.45) is 1.50. The van der Waals surface area contributed by atoms with Crippen molar-refractivity contribution in [2.75, 3.05) is 0 Å². The zero-order valence-electron chi connectivity index (χ0n) is 10.7. The molecule has 0 radical (unpaired) electrons. The van der Waals surface area contributed by atoms with Gasteiger partial charge in [-0.1, -0.05) is 6.07 Å². The number of nitrogens with zero attached hydrogens (tertiary/aromatic N) is 3. The Hall–Kier alpha value is -2.54. The molecule has 102 valence electrons. The fourth-order valence-electron chi connectivity index (χ4n) is 2.12. The standard InChI is InChI=1S/C13H12FN5O/c1-7(15)12-17-9-4-2-3-8(14)11(9)13(20)19(12)10-5-6-16-18-10/h2-7H,15H2,1H3,(H,16,18)/t7-/m0/s1. The summed E-state index contributed by atoms with van der Waals surface area (Å²) in [5.74, 6) is 0.141. The first-order valence-corrected chi connectivity index (χ1v) is 6.06. The molecule has 0 aliphatic rings. The summed E-state index contributed by atoms with van der Waals surface area (Å²) < 4.78 is 15.1. The Morgan fingerprint density at radius 3 is 2.85 bits per heavy atom. The number of nitrogens with one attached hydrogen (secondary N) is 1. The number of nitrogens with two attached hydrogens (primary N) is 1. The topological polar surface area (TPSA) is 89.6 Å². The highest BCUT2D eigenvalue weighted by Gasteiger charge is 2.18. The summed E-state index contributed by atoms with van der Waals surface area (Å²) in [5, 5.41) is 6.40. The van der Waals surface area contributed by atoms with Crippen molar-refractivity contribution in [3.63, 3.8) is 0 Å². The van der Waals surface area contributed by atoms with Gasteiger partial charge >= 0.3 is 0 Å². The molecule has 2 heterocycles. The van der Waals surface area contributed by atoms with Crippen LogP contribution >= 0.6 is 0 Å². The van der Waals surface area contributed by atoms with Gasteiger partial charge in [0.2, 0.25) is 0 Å². The third-order valence-corrected chi connectivity index (χ3v) is 3.01. The van der Waals surface area contributed by atoms with Crippen LogP contribution in [0.4, 0.5) is 4.39 Å². The summed E-state index contributed by atoms with van der Waals surface area (Å²) >= 11 is 0. The fraction of sp³-hybridized carbons (Fsp3) is 0.154. The molecule has 0 aliphatic carbocycles. The molecule has 6 nitrogen and oxygen atoms in total. The Labute approximate surface area is 113 Å². The Bertz CT molecular complexity index is 823. The van der Waals surface area contributed by atoms with E-state index in [1.165, 1.54) is 22.9 Å². The molecule has 0 saturated carbocycles. The van der Waals surface area contributed by atoms with Gasteiger partial charge in [-0.25, -0.2) is 13.9 Å². The lowest BCUT2D eigenvalue weighted by Gasteiger charge is -2.14. The van der Waals surface area contributed by atoms with Crippen molar-refractivity contribution in [2.45, 2.75) is 13.0 Å². The maximum absolute atomic E-state index is 13.9. The molecule has 0 spiro atoms. The quantitative estimate of drug-likeness (QED) is 0.735. The van der Waals surface area contributed by atoms with Gasteiger partial charge in [0.1, 0.15) is 22.8 Å². The Balaban J connectivity index is 2.48. The predicted molar refractivity (Wildman–Crippen MR) is 72.0 cm³/mol. The lowest BCUT2D eigenvalue weighted by molar-refractivity contribution is 0.632. The van der Waals surface area contributed by atoms with E-state index in [2.05, 4.69) is 15.2 Å². The molecule has 7 heteroatoms. The van der Waals surface area contributed by atoms with Crippen LogP contribution in [0.25, 0.3) is 16.7 Å². The van der Waals surface area contributed by atoms with E-state index in [4.69, 9.17) is 5.73 Å². The minimum Gasteiger partial charge on any atom is -0.322 e. The van der Waals surface area contributed by atoms with Gasteiger partial charge in [0.15, 0.2) is 0 Å². The minimum atomic E-state index is -0.607. The zero-order valence-corrected chi connectivity index (χ0v) is 10.7. The largest absolute Gasteiger partial charge is 0.322 e. The molecule has 1 aromatic carbocycles. The molecule has 3 rings (SSSR count). The molecular weight excluding hydrogens is 261 g/mol. The molecule has 2 aromatic heterocycles. The first kappa shape index (κ1) is 12.5. The van der Waals surface area contributed by atoms with Crippen molar-refractivity contribution in [3.8, 4) is 5.82 Å². The molecule has 0 amide bonds. The number of aromatic amines is 1. The van der Waals surface area contributed by atoms with E-state index in [0.717, 1.165) is 0 Å². The van der Waals surface area contributed by atoms with Gasteiger partial charge in [0, 0.05) is 6.07 Å². The maximum Gasteiger partial charge on any atom is 0.270 e. The third-order valence-electron chi connectivity index (χ3n) is 3.01. The Morgan fingerprint density at radius 1 is 1.40 bits per heavy atom. The van der Waals surface area contributed by atoms with Crippen molar-refractivity contribution < 1.29 is 4.39 Å². The van der Waals surface area contributed by atoms with E-state index in [9.17, 15) is 9.18 Å². The molecule has 0 bridgehead atoms. The van der Waals surface area contributed by atoms with E-state index in [1.54, 1.807) is 19.1 Å². The minimum absolute atomic E-state index is 0.0634. The summed E-state index contributed by atoms with van der Waals surface area (Å²) in [5.41, 5.74) is 5.65. The van der Waals surface area contributed by atoms with E-state index in [-0.39, 0.29) is 10.9 Å². The van der Waals surface area contributed by atoms with Crippen LogP contribution in [-0.4, -0.2) is 19.7 Å². The van der Waals surface area contributed by atoms with Crippen molar-refractivity contribution in [1.29, 1.82) is 0 Å². The first-order valence-electron chi connectivity index (χ1n) is 6.06. The second-order valence-corrected chi connectivity index (χ2v) is 4.48. The highest BCUT2D eigenvalue weighted by atomic mass is 19.1. The average Bonchev–Trinajstić information content (AvgIpc) is 2.91. The lowest BCUT2D eigenvalue weighted by Crippen LogP contribution is -2.28. The van der Waals surface area contributed by atoms with Crippen LogP contribution in [0.15, 0.2) is 35.3 Å². The summed E-state index contributed by atoms with van der Waals surface area (Å²) in [4.78, 5) is 16.9. The highest BCUT2D eigenvalue weighted by molar-refractivity contribution is 5.78. The van der Waals surface area contributed by atoms with Gasteiger partial charge < -0.3 is 5.73 Å². The fourth-order valence-corrected chi connectivity index (χ4v) is 2.12. The molecule has 20 heavy (non-hydrogen) atoms. The Kier molecular flexibility index (Phi) is 2.83. The second kappa shape index (κ2) is 4.53. The van der Waals surface area contributed by atoms with Crippen LogP contribution in [0, 0.1) is 5.82 Å². The number of aromatic nitrogens is 4. The summed E-state index contributed by atoms with van der Waals surface area (Å²) in [6, 6.07) is 5.44. The first-order chi connectivity index (χ1) is 9.59. The summed E-state index contributed by atoms with van der Waals surface area (Å²) in [7, 11) is 0. The number of rotatable bonds is 2. The zero-order chi connectivity index (χ0) is 14.3. The van der Waals surface area contributed by atoms with Gasteiger partial charge in [0.05, 0.1) is 17.8 Å². The molecule has 0 unspecified atom stereocenters. The van der Waals surface area contributed by atoms with Crippen LogP contribution in [0.2, 0.25) is 0 Å². The van der Waals surface area contributed by atoms with Crippen LogP contribution in [0.5, 0.6) is 0 Å². The van der Waals surface area contributed by atoms with E-state index in [1.807, 2.05) is 0 Å². The molecule has 0 aliphatic heterocycles. The number of H-pyrrole nitrogens is 1. The van der Waals surface area contributed by atoms with Crippen LogP contribution in [0.1, 0.15) is 18.8 Å². The maximum atomic E-state index is 13.9. The van der Waals surface area contributed by atoms with Gasteiger partial charge in [-0.05, 0) is 19.1 Å². The van der Waals surface area contributed by atoms with E-state index in [0.29, 0.717) is 11.6 Å². The smallest absolute Gasteiger partial charge is 0.270 e. The van der Waals surface area contributed by atoms with Crippen LogP contribution in [-0.2, 0) is 0 Å². The van der Waals surface area contributed by atoms with E-state index < -0.39 is 17.4 Å². The average molecular weight is 273 g/mol. The molecular formula is C13H12FN5O. The third kappa shape index (κ3) is 1.79. The monoisotopic (exact) mass is 273 g/mol. The molecule has 0 saturated heterocycles. The SMILES string of the molecule is C[C@H](N)c1nc2cccc(F)c2c(=O)n1-c1ccn[nH]1. The van der Waals surface area contributed by atoms with Gasteiger partial charge in [-0.2, -0.15) is 5.10 Å². The number of hydrogen-bond acceptors (Lipinski definition) is 4. The lowest BCUT2D eigenvalue weighted by atomic mass is 10.2. The van der Waals surface area contributed by atoms with E-state index >= 15 is 0 Å². The molecule has 0 fully saturated rings. The predicted octanol–water partition coefficient (Wildman–Crippen LogP) is 1.27. The molecule has 3 aromatic rings. The number of halogens is 1. The van der Waals surface area contributed by atoms with Crippen molar-refractivity contribution in [2.24, 2.45) is 5.73 Å². The van der Waals surface area contributed by atoms with Crippen LogP contribution < -0.4 is 11.3 Å². The van der Waals surface area contributed by atoms with Gasteiger partial charge in [-0.3, -0.25) is 9.89 Å². The van der Waals surface area contributed by atoms with Crippen LogP contribution in [0.3, 0.4) is 0 Å². The molecule has 1 atom stereocenters. The number of hydrogen-bond donors (Lipinski definition) is 2. The van der Waals surface area contributed by atoms with Crippen molar-refractivity contribution >= 4 is 10.9 Å². The van der Waals surface area contributed by atoms with Crippen molar-refractivity contribution in [3.05, 3.63) is 52.5 Å². The van der Waals surface area contributed by atoms with Crippen molar-refractivity contribution in [1.82, 2.24) is 19.7 Å². The number of benzene rings is 1. The normalized spacial score (nSPS) is 12.8. The highest BCUT2D eigenvalue weighted by Crippen LogP contribution is 2.17. The Morgan fingerprint density at radius 2 is 2.20 bits per heavy atom. The molecule has 3 N–H and O–H groups in total. The number of fused-ring (bicyclic) bond motifs is 1. The summed E-state index contributed by atoms with van der Waals surface area (Å²) in [6.45, 7) is 1.71. The second-order valence-electron chi connectivity index (χ2n) is 4.48. The van der Waals surface area contributed by atoms with Gasteiger partial charge in [-0.15, -0.1) is 0 Å².